The lowest BCUT2D eigenvalue weighted by atomic mass is 10.0. The SMILES string of the molecule is CCN(CC)C(=O)c1ncccc1-c1ccc(C#N)cc1. The number of hydrogen-bond donors (Lipinski definition) is 0. The summed E-state index contributed by atoms with van der Waals surface area (Å²) in [5.41, 5.74) is 2.72. The van der Waals surface area contributed by atoms with Crippen LogP contribution in [0.5, 0.6) is 0 Å². The highest BCUT2D eigenvalue weighted by Gasteiger charge is 2.18. The molecule has 1 amide bonds. The third-order valence-corrected chi connectivity index (χ3v) is 3.39. The molecule has 0 aliphatic heterocycles. The molecule has 1 heterocycles. The Balaban J connectivity index is 2.45. The van der Waals surface area contributed by atoms with Gasteiger partial charge in [-0.25, -0.2) is 0 Å². The Hall–Kier alpha value is -2.67. The molecule has 0 aliphatic carbocycles. The first-order chi connectivity index (χ1) is 10.2. The lowest BCUT2D eigenvalue weighted by Crippen LogP contribution is -2.31. The number of pyridine rings is 1. The van der Waals surface area contributed by atoms with E-state index >= 15 is 0 Å². The Morgan fingerprint density at radius 1 is 1.19 bits per heavy atom. The quantitative estimate of drug-likeness (QED) is 0.864. The van der Waals surface area contributed by atoms with E-state index in [-0.39, 0.29) is 5.91 Å². The van der Waals surface area contributed by atoms with Gasteiger partial charge in [-0.1, -0.05) is 18.2 Å². The van der Waals surface area contributed by atoms with Crippen LogP contribution in [0.4, 0.5) is 0 Å². The van der Waals surface area contributed by atoms with Crippen LogP contribution in [0.2, 0.25) is 0 Å². The third kappa shape index (κ3) is 3.09. The van der Waals surface area contributed by atoms with Gasteiger partial charge in [-0.05, 0) is 37.6 Å². The summed E-state index contributed by atoms with van der Waals surface area (Å²) in [5, 5.41) is 8.86. The van der Waals surface area contributed by atoms with E-state index < -0.39 is 0 Å². The summed E-state index contributed by atoms with van der Waals surface area (Å²) in [7, 11) is 0. The van der Waals surface area contributed by atoms with E-state index in [1.807, 2.05) is 38.1 Å². The van der Waals surface area contributed by atoms with Crippen LogP contribution in [0.1, 0.15) is 29.9 Å². The molecule has 0 saturated heterocycles. The number of nitrogens with zero attached hydrogens (tertiary/aromatic N) is 3. The molecule has 0 spiro atoms. The number of amides is 1. The van der Waals surface area contributed by atoms with Gasteiger partial charge in [0.25, 0.3) is 5.91 Å². The lowest BCUT2D eigenvalue weighted by Gasteiger charge is -2.19. The summed E-state index contributed by atoms with van der Waals surface area (Å²) in [5.74, 6) is -0.0695. The second kappa shape index (κ2) is 6.67. The Morgan fingerprint density at radius 3 is 2.43 bits per heavy atom. The zero-order valence-electron chi connectivity index (χ0n) is 12.2. The van der Waals surface area contributed by atoms with E-state index in [0.717, 1.165) is 11.1 Å². The van der Waals surface area contributed by atoms with Gasteiger partial charge in [-0.2, -0.15) is 5.26 Å². The van der Waals surface area contributed by atoms with Gasteiger partial charge < -0.3 is 4.90 Å². The van der Waals surface area contributed by atoms with Gasteiger partial charge in [0.2, 0.25) is 0 Å². The van der Waals surface area contributed by atoms with Crippen molar-refractivity contribution in [1.29, 1.82) is 5.26 Å². The summed E-state index contributed by atoms with van der Waals surface area (Å²) in [4.78, 5) is 18.5. The van der Waals surface area contributed by atoms with Crippen molar-refractivity contribution in [2.24, 2.45) is 0 Å². The molecule has 0 atom stereocenters. The van der Waals surface area contributed by atoms with Crippen molar-refractivity contribution in [3.63, 3.8) is 0 Å². The second-order valence-corrected chi connectivity index (χ2v) is 4.57. The summed E-state index contributed by atoms with van der Waals surface area (Å²) < 4.78 is 0. The highest BCUT2D eigenvalue weighted by Crippen LogP contribution is 2.23. The van der Waals surface area contributed by atoms with Crippen LogP contribution in [0.3, 0.4) is 0 Å². The maximum atomic E-state index is 12.5. The van der Waals surface area contributed by atoms with E-state index in [0.29, 0.717) is 24.3 Å². The number of aromatic nitrogens is 1. The van der Waals surface area contributed by atoms with E-state index in [4.69, 9.17) is 5.26 Å². The average Bonchev–Trinajstić information content (AvgIpc) is 2.56. The molecule has 0 fully saturated rings. The van der Waals surface area contributed by atoms with E-state index in [2.05, 4.69) is 11.1 Å². The molecule has 0 unspecified atom stereocenters. The molecule has 0 radical (unpaired) electrons. The molecule has 21 heavy (non-hydrogen) atoms. The Labute approximate surface area is 124 Å². The fraction of sp³-hybridized carbons (Fsp3) is 0.235. The van der Waals surface area contributed by atoms with Crippen LogP contribution in [-0.2, 0) is 0 Å². The number of carbonyl (C=O) groups is 1. The largest absolute Gasteiger partial charge is 0.338 e. The Bertz CT molecular complexity index is 667. The molecule has 1 aromatic heterocycles. The molecule has 0 aliphatic rings. The van der Waals surface area contributed by atoms with Crippen LogP contribution in [-0.4, -0.2) is 28.9 Å². The molecule has 0 N–H and O–H groups in total. The van der Waals surface area contributed by atoms with Gasteiger partial charge in [0.15, 0.2) is 0 Å². The maximum Gasteiger partial charge on any atom is 0.273 e. The van der Waals surface area contributed by atoms with Crippen LogP contribution in [0.15, 0.2) is 42.6 Å². The van der Waals surface area contributed by atoms with Crippen LogP contribution in [0.25, 0.3) is 11.1 Å². The third-order valence-electron chi connectivity index (χ3n) is 3.39. The van der Waals surface area contributed by atoms with Crippen LogP contribution in [0, 0.1) is 11.3 Å². The van der Waals surface area contributed by atoms with Gasteiger partial charge in [0, 0.05) is 24.8 Å². The van der Waals surface area contributed by atoms with Crippen molar-refractivity contribution in [3.05, 3.63) is 53.9 Å². The first-order valence-corrected chi connectivity index (χ1v) is 6.96. The molecule has 106 valence electrons. The van der Waals surface area contributed by atoms with Crippen molar-refractivity contribution in [3.8, 4) is 17.2 Å². The summed E-state index contributed by atoms with van der Waals surface area (Å²) in [6.45, 7) is 5.20. The van der Waals surface area contributed by atoms with Gasteiger partial charge in [0.05, 0.1) is 11.6 Å². The highest BCUT2D eigenvalue weighted by molar-refractivity contribution is 5.98. The minimum absolute atomic E-state index is 0.0695. The summed E-state index contributed by atoms with van der Waals surface area (Å²) in [6.07, 6.45) is 1.63. The molecule has 2 aromatic rings. The smallest absolute Gasteiger partial charge is 0.273 e. The minimum Gasteiger partial charge on any atom is -0.338 e. The van der Waals surface area contributed by atoms with E-state index in [9.17, 15) is 4.79 Å². The van der Waals surface area contributed by atoms with Crippen molar-refractivity contribution in [1.82, 2.24) is 9.88 Å². The van der Waals surface area contributed by atoms with Gasteiger partial charge in [-0.3, -0.25) is 9.78 Å². The summed E-state index contributed by atoms with van der Waals surface area (Å²) >= 11 is 0. The fourth-order valence-corrected chi connectivity index (χ4v) is 2.19. The molecule has 4 heteroatoms. The predicted molar refractivity (Wildman–Crippen MR) is 81.6 cm³/mol. The second-order valence-electron chi connectivity index (χ2n) is 4.57. The van der Waals surface area contributed by atoms with E-state index in [1.165, 1.54) is 0 Å². The minimum atomic E-state index is -0.0695. The van der Waals surface area contributed by atoms with Gasteiger partial charge >= 0.3 is 0 Å². The monoisotopic (exact) mass is 279 g/mol. The Morgan fingerprint density at radius 2 is 1.86 bits per heavy atom. The fourth-order valence-electron chi connectivity index (χ4n) is 2.19. The predicted octanol–water partition coefficient (Wildman–Crippen LogP) is 3.10. The van der Waals surface area contributed by atoms with Crippen molar-refractivity contribution in [2.75, 3.05) is 13.1 Å². The molecule has 2 rings (SSSR count). The highest BCUT2D eigenvalue weighted by atomic mass is 16.2. The normalized spacial score (nSPS) is 9.95. The number of hydrogen-bond acceptors (Lipinski definition) is 3. The number of carbonyl (C=O) groups excluding carboxylic acids is 1. The first-order valence-electron chi connectivity index (χ1n) is 6.96. The molecular weight excluding hydrogens is 262 g/mol. The standard InChI is InChI=1S/C17H17N3O/c1-3-20(4-2)17(21)16-15(6-5-11-19-16)14-9-7-13(12-18)8-10-14/h5-11H,3-4H2,1-2H3. The molecule has 0 bridgehead atoms. The molecular formula is C17H17N3O. The summed E-state index contributed by atoms with van der Waals surface area (Å²) in [6, 6.07) is 13.0. The molecule has 4 nitrogen and oxygen atoms in total. The van der Waals surface area contributed by atoms with Gasteiger partial charge in [0.1, 0.15) is 5.69 Å². The van der Waals surface area contributed by atoms with Crippen molar-refractivity contribution < 1.29 is 4.79 Å². The first kappa shape index (κ1) is 14.7. The zero-order chi connectivity index (χ0) is 15.2. The van der Waals surface area contributed by atoms with Crippen molar-refractivity contribution in [2.45, 2.75) is 13.8 Å². The van der Waals surface area contributed by atoms with Crippen molar-refractivity contribution >= 4 is 5.91 Å². The average molecular weight is 279 g/mol. The Kier molecular flexibility index (Phi) is 4.68. The number of rotatable bonds is 4. The van der Waals surface area contributed by atoms with Crippen LogP contribution >= 0.6 is 0 Å². The van der Waals surface area contributed by atoms with Crippen LogP contribution < -0.4 is 0 Å². The topological polar surface area (TPSA) is 57.0 Å². The molecule has 0 saturated carbocycles. The zero-order valence-corrected chi connectivity index (χ0v) is 12.2. The number of nitriles is 1. The number of benzene rings is 1. The maximum absolute atomic E-state index is 12.5. The van der Waals surface area contributed by atoms with Gasteiger partial charge in [-0.15, -0.1) is 0 Å². The lowest BCUT2D eigenvalue weighted by molar-refractivity contribution is 0.0768. The molecule has 1 aromatic carbocycles. The van der Waals surface area contributed by atoms with E-state index in [1.54, 1.807) is 23.2 Å².